The lowest BCUT2D eigenvalue weighted by Crippen LogP contribution is -2.26. The van der Waals surface area contributed by atoms with Crippen molar-refractivity contribution in [2.75, 3.05) is 0 Å². The third-order valence-corrected chi connectivity index (χ3v) is 7.24. The third kappa shape index (κ3) is 4.69. The van der Waals surface area contributed by atoms with Gasteiger partial charge in [-0.25, -0.2) is 74.8 Å². The van der Waals surface area contributed by atoms with Crippen molar-refractivity contribution in [1.82, 2.24) is 15.0 Å². The van der Waals surface area contributed by atoms with Crippen LogP contribution in [0.2, 0.25) is 0 Å². The van der Waals surface area contributed by atoms with Crippen LogP contribution < -0.4 is 32.1 Å². The Bertz CT molecular complexity index is 2890. The molecule has 0 spiro atoms. The minimum Gasteiger partial charge on any atom is -0.250 e. The highest BCUT2D eigenvalue weighted by atomic mass is 15.1. The van der Waals surface area contributed by atoms with Gasteiger partial charge in [0.15, 0.2) is 34.9 Å². The number of nitriles is 3. The summed E-state index contributed by atoms with van der Waals surface area (Å²) in [6.45, 7) is 30.6. The van der Waals surface area contributed by atoms with Crippen molar-refractivity contribution in [3.63, 3.8) is 0 Å². The molecule has 0 atom stereocenters. The molecule has 4 aromatic rings. The van der Waals surface area contributed by atoms with E-state index in [4.69, 9.17) is 26.3 Å². The summed E-state index contributed by atoms with van der Waals surface area (Å²) in [6, 6.07) is 18.7. The largest absolute Gasteiger partial charge is 0.305 e. The summed E-state index contributed by atoms with van der Waals surface area (Å²) in [5.74, 6) is -0.582. The van der Waals surface area contributed by atoms with E-state index in [0.29, 0.717) is 10.7 Å². The lowest BCUT2D eigenvalue weighted by Gasteiger charge is -2.10. The highest BCUT2D eigenvalue weighted by Crippen LogP contribution is 2.30. The fourth-order valence-electron chi connectivity index (χ4n) is 5.03. The van der Waals surface area contributed by atoms with Crippen LogP contribution in [-0.4, -0.2) is 15.0 Å². The highest BCUT2D eigenvalue weighted by molar-refractivity contribution is 5.78. The number of para-hydroxylation sites is 2. The van der Waals surface area contributed by atoms with Gasteiger partial charge in [0, 0.05) is 11.1 Å². The molecule has 0 fully saturated rings. The molecule has 3 aliphatic rings. The first kappa shape index (κ1) is 29.8. The zero-order chi connectivity index (χ0) is 34.9. The molecule has 0 N–H and O–H groups in total. The molecule has 0 amide bonds. The first-order valence-electron chi connectivity index (χ1n) is 13.9. The average Bonchev–Trinajstić information content (AvgIpc) is 3.89. The molecule has 0 saturated carbocycles. The van der Waals surface area contributed by atoms with Gasteiger partial charge in [0.2, 0.25) is 5.69 Å². The standard InChI is InChI=1S/C34H8N16/c1-38-23(14-36)31-44-21-11-9-16(18(13-35)25(21)46-31)29-48-30(17-10-12-22-27(26(17)40-3)47-32(45-22)24(15-37)39-2)50-34(49-29)28(41-4)33-42-19-7-5-6-8-20(19)43-33/h5-12H/b31-23+,32-24-. The minimum atomic E-state index is -0.355. The molecule has 0 aliphatic carbocycles. The number of benzene rings is 3. The molecule has 224 valence electrons. The van der Waals surface area contributed by atoms with Crippen LogP contribution in [0.4, 0.5) is 5.69 Å². The van der Waals surface area contributed by atoms with E-state index >= 15 is 0 Å². The lowest BCUT2D eigenvalue weighted by atomic mass is 10.1. The van der Waals surface area contributed by atoms with Crippen molar-refractivity contribution < 1.29 is 0 Å². The van der Waals surface area contributed by atoms with Crippen molar-refractivity contribution >= 4 is 11.4 Å². The van der Waals surface area contributed by atoms with E-state index in [1.165, 1.54) is 24.3 Å². The van der Waals surface area contributed by atoms with Crippen LogP contribution in [0.5, 0.6) is 0 Å². The second-order valence-corrected chi connectivity index (χ2v) is 9.95. The zero-order valence-corrected chi connectivity index (χ0v) is 24.8. The number of fused-ring (bicyclic) bond motifs is 3. The minimum absolute atomic E-state index is 0.0302. The Morgan fingerprint density at radius 1 is 0.560 bits per heavy atom. The Balaban J connectivity index is 1.54. The van der Waals surface area contributed by atoms with Crippen molar-refractivity contribution in [2.24, 2.45) is 30.0 Å². The molecule has 1 aromatic heterocycles. The van der Waals surface area contributed by atoms with Crippen LogP contribution in [0.15, 0.2) is 107 Å². The Hall–Kier alpha value is -8.88. The molecule has 3 aliphatic heterocycles. The second-order valence-electron chi connectivity index (χ2n) is 9.95. The summed E-state index contributed by atoms with van der Waals surface area (Å²) in [5.41, 5.74) is -0.616. The van der Waals surface area contributed by atoms with E-state index in [9.17, 15) is 15.8 Å². The van der Waals surface area contributed by atoms with Crippen molar-refractivity contribution in [2.45, 2.75) is 0 Å². The molecular weight excluding hydrogens is 632 g/mol. The summed E-state index contributed by atoms with van der Waals surface area (Å²) in [5, 5.41) is 30.7. The first-order chi connectivity index (χ1) is 24.4. The number of hydrogen-bond acceptors (Lipinski definition) is 12. The van der Waals surface area contributed by atoms with Gasteiger partial charge in [-0.15, -0.1) is 0 Å². The quantitative estimate of drug-likeness (QED) is 0.241. The van der Waals surface area contributed by atoms with Gasteiger partial charge in [0.1, 0.15) is 11.4 Å². The predicted molar refractivity (Wildman–Crippen MR) is 167 cm³/mol. The normalized spacial score (nSPS) is 14.5. The van der Waals surface area contributed by atoms with Crippen LogP contribution >= 0.6 is 0 Å². The first-order valence-corrected chi connectivity index (χ1v) is 13.9. The maximum Gasteiger partial charge on any atom is 0.305 e. The van der Waals surface area contributed by atoms with E-state index in [0.717, 1.165) is 0 Å². The van der Waals surface area contributed by atoms with Crippen LogP contribution in [0.25, 0.3) is 47.9 Å². The zero-order valence-electron chi connectivity index (χ0n) is 24.8. The maximum atomic E-state index is 10.3. The van der Waals surface area contributed by atoms with Gasteiger partial charge in [-0.2, -0.15) is 5.26 Å². The molecule has 0 bridgehead atoms. The smallest absolute Gasteiger partial charge is 0.250 e. The number of aromatic nitrogens is 3. The summed E-state index contributed by atoms with van der Waals surface area (Å²) >= 11 is 0. The molecule has 4 heterocycles. The van der Waals surface area contributed by atoms with E-state index in [1.54, 1.807) is 36.4 Å². The fourth-order valence-corrected chi connectivity index (χ4v) is 5.03. The van der Waals surface area contributed by atoms with Gasteiger partial charge in [0.25, 0.3) is 5.70 Å². The maximum absolute atomic E-state index is 10.3. The van der Waals surface area contributed by atoms with Crippen LogP contribution in [0.1, 0.15) is 11.4 Å². The molecule has 16 heteroatoms. The molecular formula is C34H8N16. The van der Waals surface area contributed by atoms with Crippen LogP contribution in [-0.2, 0) is 0 Å². The summed E-state index contributed by atoms with van der Waals surface area (Å²) < 4.78 is 0. The molecule has 0 radical (unpaired) electrons. The Morgan fingerprint density at radius 3 is 1.64 bits per heavy atom. The number of rotatable bonds is 3. The van der Waals surface area contributed by atoms with E-state index in [1.807, 2.05) is 0 Å². The van der Waals surface area contributed by atoms with Crippen LogP contribution in [0, 0.1) is 60.3 Å². The lowest BCUT2D eigenvalue weighted by molar-refractivity contribution is 1.03. The van der Waals surface area contributed by atoms with E-state index < -0.39 is 0 Å². The molecule has 3 aromatic carbocycles. The Kier molecular flexibility index (Phi) is 7.04. The van der Waals surface area contributed by atoms with Crippen molar-refractivity contribution in [1.29, 1.82) is 15.8 Å². The van der Waals surface area contributed by atoms with Gasteiger partial charge in [-0.3, -0.25) is 0 Å². The second kappa shape index (κ2) is 11.8. The van der Waals surface area contributed by atoms with Crippen molar-refractivity contribution in [3.8, 4) is 41.0 Å². The average molecular weight is 641 g/mol. The monoisotopic (exact) mass is 640 g/mol. The van der Waals surface area contributed by atoms with E-state index in [-0.39, 0.29) is 95.8 Å². The highest BCUT2D eigenvalue weighted by Gasteiger charge is 2.24. The Morgan fingerprint density at radius 2 is 1.10 bits per heavy atom. The SMILES string of the molecule is [C-]#[N+]C(=C1N=c2ccccc2=N1)c1nc(-c2ccc3c(c2C#N)=N/C(=C(\C#N)[N+]#[C-])N=3)nc(-c2ccc3c(c2[N+]#[C-])=N/C(=C(/C#N)[N+]#[C-])N=3)n1. The molecule has 50 heavy (non-hydrogen) atoms. The summed E-state index contributed by atoms with van der Waals surface area (Å²) in [7, 11) is 0. The number of nitrogens with zero attached hydrogens (tertiary/aromatic N) is 16. The van der Waals surface area contributed by atoms with Gasteiger partial charge in [-0.05, 0) is 30.3 Å². The Labute approximate surface area is 279 Å². The molecule has 7 rings (SSSR count). The van der Waals surface area contributed by atoms with Gasteiger partial charge in [0.05, 0.1) is 70.8 Å². The summed E-state index contributed by atoms with van der Waals surface area (Å²) in [4.78, 5) is 53.4. The number of hydrogen-bond donors (Lipinski definition) is 0. The predicted octanol–water partition coefficient (Wildman–Crippen LogP) is 1.86. The van der Waals surface area contributed by atoms with Gasteiger partial charge in [-0.1, -0.05) is 18.2 Å². The fraction of sp³-hybridized carbons (Fsp3) is 0. The molecule has 16 nitrogen and oxygen atoms in total. The topological polar surface area (TPSA) is 202 Å². The van der Waals surface area contributed by atoms with E-state index in [2.05, 4.69) is 70.4 Å². The number of allylic oxidation sites excluding steroid dienone is 2. The summed E-state index contributed by atoms with van der Waals surface area (Å²) in [6.07, 6.45) is 0. The van der Waals surface area contributed by atoms with Gasteiger partial charge >= 0.3 is 11.4 Å². The van der Waals surface area contributed by atoms with Crippen LogP contribution in [0.3, 0.4) is 0 Å². The third-order valence-electron chi connectivity index (χ3n) is 7.24. The van der Waals surface area contributed by atoms with Gasteiger partial charge < -0.3 is 0 Å². The van der Waals surface area contributed by atoms with Crippen molar-refractivity contribution in [3.05, 3.63) is 167 Å². The molecule has 0 saturated heterocycles. The molecule has 0 unspecified atom stereocenters.